The standard InChI is InChI=1S/C19H22O6/c1-22-13-6-4-12(5-7-13)19(18(21)11-20)10-15-16(24-3)8-14(23-2)9-17(15)25-19/h4-9,18,20-21H,10-11H2,1-3H3. The van der Waals surface area contributed by atoms with Gasteiger partial charge in [-0.25, -0.2) is 0 Å². The zero-order valence-corrected chi connectivity index (χ0v) is 14.5. The van der Waals surface area contributed by atoms with Crippen molar-refractivity contribution in [3.8, 4) is 23.0 Å². The average Bonchev–Trinajstić information content (AvgIpc) is 3.07. The fraction of sp³-hybridized carbons (Fsp3) is 0.368. The number of hydrogen-bond acceptors (Lipinski definition) is 6. The number of rotatable bonds is 6. The summed E-state index contributed by atoms with van der Waals surface area (Å²) < 4.78 is 22.1. The number of aliphatic hydroxyl groups is 2. The van der Waals surface area contributed by atoms with Crippen molar-refractivity contribution in [2.75, 3.05) is 27.9 Å². The molecule has 0 spiro atoms. The highest BCUT2D eigenvalue weighted by Gasteiger charge is 2.48. The summed E-state index contributed by atoms with van der Waals surface area (Å²) in [5, 5.41) is 20.2. The van der Waals surface area contributed by atoms with E-state index in [1.165, 1.54) is 0 Å². The number of methoxy groups -OCH3 is 3. The lowest BCUT2D eigenvalue weighted by Gasteiger charge is -2.33. The molecule has 0 aromatic heterocycles. The van der Waals surface area contributed by atoms with Crippen LogP contribution in [-0.2, 0) is 12.0 Å². The Bertz CT molecular complexity index is 742. The van der Waals surface area contributed by atoms with Crippen LogP contribution in [0.2, 0.25) is 0 Å². The van der Waals surface area contributed by atoms with Crippen LogP contribution in [0.25, 0.3) is 0 Å². The molecule has 2 N–H and O–H groups in total. The first-order chi connectivity index (χ1) is 12.1. The van der Waals surface area contributed by atoms with E-state index in [0.717, 1.165) is 11.1 Å². The zero-order chi connectivity index (χ0) is 18.0. The van der Waals surface area contributed by atoms with Gasteiger partial charge in [-0.2, -0.15) is 0 Å². The van der Waals surface area contributed by atoms with E-state index in [0.29, 0.717) is 29.4 Å². The lowest BCUT2D eigenvalue weighted by atomic mass is 9.84. The summed E-state index contributed by atoms with van der Waals surface area (Å²) in [5.74, 6) is 2.49. The van der Waals surface area contributed by atoms with Crippen LogP contribution in [0.5, 0.6) is 23.0 Å². The van der Waals surface area contributed by atoms with Crippen molar-refractivity contribution in [1.29, 1.82) is 0 Å². The molecule has 0 saturated carbocycles. The Morgan fingerprint density at radius 2 is 1.72 bits per heavy atom. The van der Waals surface area contributed by atoms with Gasteiger partial charge in [-0.1, -0.05) is 12.1 Å². The molecule has 0 radical (unpaired) electrons. The van der Waals surface area contributed by atoms with Crippen molar-refractivity contribution in [2.45, 2.75) is 18.1 Å². The summed E-state index contributed by atoms with van der Waals surface area (Å²) in [4.78, 5) is 0. The van der Waals surface area contributed by atoms with Gasteiger partial charge in [0.25, 0.3) is 0 Å². The molecule has 1 heterocycles. The summed E-state index contributed by atoms with van der Waals surface area (Å²) in [6.07, 6.45) is -0.743. The SMILES string of the molecule is COc1ccc(C2(C(O)CO)Cc3c(OC)cc(OC)cc3O2)cc1. The van der Waals surface area contributed by atoms with Crippen LogP contribution in [-0.4, -0.2) is 44.3 Å². The highest BCUT2D eigenvalue weighted by Crippen LogP contribution is 2.49. The van der Waals surface area contributed by atoms with Crippen LogP contribution in [0.4, 0.5) is 0 Å². The number of ether oxygens (including phenoxy) is 4. The highest BCUT2D eigenvalue weighted by atomic mass is 16.5. The van der Waals surface area contributed by atoms with Crippen LogP contribution >= 0.6 is 0 Å². The van der Waals surface area contributed by atoms with Gasteiger partial charge in [-0.15, -0.1) is 0 Å². The normalized spacial score (nSPS) is 19.7. The van der Waals surface area contributed by atoms with E-state index < -0.39 is 18.3 Å². The van der Waals surface area contributed by atoms with E-state index in [9.17, 15) is 10.2 Å². The number of hydrogen-bond donors (Lipinski definition) is 2. The molecule has 0 saturated heterocycles. The minimum absolute atomic E-state index is 0.365. The molecule has 2 aromatic rings. The van der Waals surface area contributed by atoms with E-state index in [4.69, 9.17) is 18.9 Å². The van der Waals surface area contributed by atoms with Crippen molar-refractivity contribution >= 4 is 0 Å². The lowest BCUT2D eigenvalue weighted by Crippen LogP contribution is -2.46. The van der Waals surface area contributed by atoms with E-state index in [-0.39, 0.29) is 0 Å². The summed E-state index contributed by atoms with van der Waals surface area (Å²) in [6, 6.07) is 10.8. The Hall–Kier alpha value is -2.44. The zero-order valence-electron chi connectivity index (χ0n) is 14.5. The molecule has 0 aliphatic carbocycles. The summed E-state index contributed by atoms with van der Waals surface area (Å²) in [7, 11) is 4.73. The molecule has 2 atom stereocenters. The first kappa shape index (κ1) is 17.4. The molecule has 134 valence electrons. The molecule has 0 fully saturated rings. The molecular weight excluding hydrogens is 324 g/mol. The molecule has 6 nitrogen and oxygen atoms in total. The maximum Gasteiger partial charge on any atom is 0.166 e. The van der Waals surface area contributed by atoms with Gasteiger partial charge >= 0.3 is 0 Å². The van der Waals surface area contributed by atoms with Crippen molar-refractivity contribution < 1.29 is 29.2 Å². The second-order valence-corrected chi connectivity index (χ2v) is 5.90. The maximum atomic E-state index is 10.6. The number of benzene rings is 2. The molecular formula is C19H22O6. The summed E-state index contributed by atoms with van der Waals surface area (Å²) >= 11 is 0. The van der Waals surface area contributed by atoms with Crippen molar-refractivity contribution in [1.82, 2.24) is 0 Å². The topological polar surface area (TPSA) is 77.4 Å². The van der Waals surface area contributed by atoms with Gasteiger partial charge in [0.2, 0.25) is 0 Å². The van der Waals surface area contributed by atoms with Crippen molar-refractivity contribution in [3.63, 3.8) is 0 Å². The van der Waals surface area contributed by atoms with Gasteiger partial charge < -0.3 is 29.2 Å². The Kier molecular flexibility index (Phi) is 4.74. The van der Waals surface area contributed by atoms with Gasteiger partial charge in [-0.3, -0.25) is 0 Å². The first-order valence-electron chi connectivity index (χ1n) is 7.95. The second-order valence-electron chi connectivity index (χ2n) is 5.90. The van der Waals surface area contributed by atoms with Crippen LogP contribution in [0.15, 0.2) is 36.4 Å². The molecule has 1 aliphatic heterocycles. The predicted molar refractivity (Wildman–Crippen MR) is 91.6 cm³/mol. The molecule has 2 unspecified atom stereocenters. The first-order valence-corrected chi connectivity index (χ1v) is 7.95. The fourth-order valence-corrected chi connectivity index (χ4v) is 3.22. The van der Waals surface area contributed by atoms with Gasteiger partial charge in [0.05, 0.1) is 27.9 Å². The third-order valence-corrected chi connectivity index (χ3v) is 4.62. The Labute approximate surface area is 146 Å². The number of fused-ring (bicyclic) bond motifs is 1. The Balaban J connectivity index is 2.09. The van der Waals surface area contributed by atoms with Gasteiger partial charge in [0.15, 0.2) is 5.60 Å². The molecule has 3 rings (SSSR count). The summed E-state index contributed by atoms with van der Waals surface area (Å²) in [5.41, 5.74) is 0.460. The van der Waals surface area contributed by atoms with E-state index in [1.807, 2.05) is 12.1 Å². The van der Waals surface area contributed by atoms with E-state index in [2.05, 4.69) is 0 Å². The maximum absolute atomic E-state index is 10.6. The summed E-state index contributed by atoms with van der Waals surface area (Å²) in [6.45, 7) is -0.431. The minimum Gasteiger partial charge on any atom is -0.497 e. The molecule has 25 heavy (non-hydrogen) atoms. The van der Waals surface area contributed by atoms with Gasteiger partial charge in [-0.05, 0) is 17.7 Å². The van der Waals surface area contributed by atoms with Crippen LogP contribution in [0.1, 0.15) is 11.1 Å². The molecule has 6 heteroatoms. The molecule has 1 aliphatic rings. The molecule has 0 amide bonds. The Morgan fingerprint density at radius 3 is 2.28 bits per heavy atom. The minimum atomic E-state index is -1.11. The van der Waals surface area contributed by atoms with Crippen molar-refractivity contribution in [2.24, 2.45) is 0 Å². The fourth-order valence-electron chi connectivity index (χ4n) is 3.22. The largest absolute Gasteiger partial charge is 0.497 e. The predicted octanol–water partition coefficient (Wildman–Crippen LogP) is 1.90. The lowest BCUT2D eigenvalue weighted by molar-refractivity contribution is -0.0695. The van der Waals surface area contributed by atoms with E-state index >= 15 is 0 Å². The molecule has 2 aromatic carbocycles. The Morgan fingerprint density at radius 1 is 1.04 bits per heavy atom. The monoisotopic (exact) mass is 346 g/mol. The van der Waals surface area contributed by atoms with Crippen molar-refractivity contribution in [3.05, 3.63) is 47.5 Å². The van der Waals surface area contributed by atoms with Crippen LogP contribution in [0.3, 0.4) is 0 Å². The molecule has 0 bridgehead atoms. The van der Waals surface area contributed by atoms with E-state index in [1.54, 1.807) is 45.6 Å². The third-order valence-electron chi connectivity index (χ3n) is 4.62. The quantitative estimate of drug-likeness (QED) is 0.832. The number of aliphatic hydroxyl groups excluding tert-OH is 2. The third kappa shape index (κ3) is 2.88. The van der Waals surface area contributed by atoms with Gasteiger partial charge in [0, 0.05) is 24.1 Å². The smallest absolute Gasteiger partial charge is 0.166 e. The van der Waals surface area contributed by atoms with Crippen LogP contribution in [0, 0.1) is 0 Å². The average molecular weight is 346 g/mol. The van der Waals surface area contributed by atoms with Crippen LogP contribution < -0.4 is 18.9 Å². The second kappa shape index (κ2) is 6.82. The van der Waals surface area contributed by atoms with Gasteiger partial charge in [0.1, 0.15) is 29.1 Å². The highest BCUT2D eigenvalue weighted by molar-refractivity contribution is 5.55.